The summed E-state index contributed by atoms with van der Waals surface area (Å²) in [5.74, 6) is -0.469. The molecule has 0 fully saturated rings. The van der Waals surface area contributed by atoms with E-state index in [2.05, 4.69) is 10.4 Å². The van der Waals surface area contributed by atoms with E-state index in [1.807, 2.05) is 60.7 Å². The monoisotopic (exact) mass is 390 g/mol. The Hall–Kier alpha value is -3.61. The van der Waals surface area contributed by atoms with Crippen molar-refractivity contribution in [2.75, 3.05) is 18.5 Å². The highest BCUT2D eigenvalue weighted by Gasteiger charge is 2.31. The zero-order chi connectivity index (χ0) is 20.2. The summed E-state index contributed by atoms with van der Waals surface area (Å²) in [7, 11) is 0. The summed E-state index contributed by atoms with van der Waals surface area (Å²) in [6, 6.07) is 18.8. The van der Waals surface area contributed by atoms with Crippen molar-refractivity contribution in [1.82, 2.24) is 14.7 Å². The van der Waals surface area contributed by atoms with Gasteiger partial charge in [0, 0.05) is 24.2 Å². The number of carbonyl (C=O) groups is 2. The van der Waals surface area contributed by atoms with Crippen LogP contribution in [0.5, 0.6) is 0 Å². The number of nitrogens with one attached hydrogen (secondary N) is 1. The van der Waals surface area contributed by atoms with Crippen LogP contribution in [0.15, 0.2) is 60.7 Å². The van der Waals surface area contributed by atoms with Gasteiger partial charge in [0.25, 0.3) is 0 Å². The molecule has 0 atom stereocenters. The largest absolute Gasteiger partial charge is 0.461 e. The summed E-state index contributed by atoms with van der Waals surface area (Å²) in [6.07, 6.45) is 0.596. The van der Waals surface area contributed by atoms with E-state index in [4.69, 9.17) is 4.74 Å². The summed E-state index contributed by atoms with van der Waals surface area (Å²) < 4.78 is 6.99. The lowest BCUT2D eigenvalue weighted by atomic mass is 10.1. The minimum atomic E-state index is -0.469. The third kappa shape index (κ3) is 3.85. The molecule has 2 amide bonds. The first-order valence-corrected chi connectivity index (χ1v) is 9.61. The smallest absolute Gasteiger partial charge is 0.359 e. The standard InChI is InChI=1S/C22H22N4O3/c1-2-29-21(27)20-18-15-25(22(28)23-16-9-5-3-6-10-16)14-13-19(18)26(24-20)17-11-7-4-8-12-17/h3-12H,2,13-15H2,1H3,(H,23,28). The van der Waals surface area contributed by atoms with E-state index < -0.39 is 5.97 Å². The number of benzene rings is 2. The van der Waals surface area contributed by atoms with Crippen molar-refractivity contribution in [3.8, 4) is 5.69 Å². The van der Waals surface area contributed by atoms with Gasteiger partial charge >= 0.3 is 12.0 Å². The normalized spacial score (nSPS) is 12.9. The van der Waals surface area contributed by atoms with Gasteiger partial charge < -0.3 is 15.0 Å². The van der Waals surface area contributed by atoms with E-state index in [1.165, 1.54) is 0 Å². The Morgan fingerprint density at radius 2 is 1.76 bits per heavy atom. The Labute approximate surface area is 168 Å². The number of carbonyl (C=O) groups excluding carboxylic acids is 2. The molecule has 0 unspecified atom stereocenters. The highest BCUT2D eigenvalue weighted by Crippen LogP contribution is 2.26. The zero-order valence-electron chi connectivity index (χ0n) is 16.2. The molecule has 0 saturated heterocycles. The number of amides is 2. The van der Waals surface area contributed by atoms with Crippen molar-refractivity contribution in [2.24, 2.45) is 0 Å². The molecule has 0 bridgehead atoms. The van der Waals surface area contributed by atoms with Crippen LogP contribution >= 0.6 is 0 Å². The minimum Gasteiger partial charge on any atom is -0.461 e. The van der Waals surface area contributed by atoms with E-state index in [1.54, 1.807) is 16.5 Å². The summed E-state index contributed by atoms with van der Waals surface area (Å²) in [5.41, 5.74) is 3.54. The van der Waals surface area contributed by atoms with Gasteiger partial charge in [-0.1, -0.05) is 36.4 Å². The zero-order valence-corrected chi connectivity index (χ0v) is 16.2. The molecule has 2 heterocycles. The van der Waals surface area contributed by atoms with E-state index in [0.717, 1.165) is 22.6 Å². The fourth-order valence-corrected chi connectivity index (χ4v) is 3.46. The summed E-state index contributed by atoms with van der Waals surface area (Å²) >= 11 is 0. The molecule has 0 radical (unpaired) electrons. The number of hydrogen-bond acceptors (Lipinski definition) is 4. The van der Waals surface area contributed by atoms with Gasteiger partial charge in [-0.2, -0.15) is 5.10 Å². The van der Waals surface area contributed by atoms with Crippen LogP contribution in [0.3, 0.4) is 0 Å². The number of urea groups is 1. The number of rotatable bonds is 4. The number of ether oxygens (including phenoxy) is 1. The molecule has 7 nitrogen and oxygen atoms in total. The van der Waals surface area contributed by atoms with Crippen molar-refractivity contribution < 1.29 is 14.3 Å². The molecule has 0 aliphatic carbocycles. The molecule has 0 spiro atoms. The van der Waals surface area contributed by atoms with E-state index in [9.17, 15) is 9.59 Å². The first-order valence-electron chi connectivity index (χ1n) is 9.61. The molecule has 1 aromatic heterocycles. The quantitative estimate of drug-likeness (QED) is 0.690. The maximum atomic E-state index is 12.7. The molecule has 148 valence electrons. The van der Waals surface area contributed by atoms with Crippen LogP contribution in [0.4, 0.5) is 10.5 Å². The van der Waals surface area contributed by atoms with Crippen molar-refractivity contribution >= 4 is 17.7 Å². The Bertz CT molecular complexity index is 1020. The number of para-hydroxylation sites is 2. The molecule has 4 rings (SSSR count). The molecule has 1 aliphatic heterocycles. The molecule has 7 heteroatoms. The van der Waals surface area contributed by atoms with Crippen LogP contribution in [-0.4, -0.2) is 39.8 Å². The molecule has 1 N–H and O–H groups in total. The first kappa shape index (κ1) is 18.7. The van der Waals surface area contributed by atoms with Gasteiger partial charge in [-0.15, -0.1) is 0 Å². The second-order valence-electron chi connectivity index (χ2n) is 6.71. The first-order chi connectivity index (χ1) is 14.2. The lowest BCUT2D eigenvalue weighted by Crippen LogP contribution is -2.39. The predicted octanol–water partition coefficient (Wildman–Crippen LogP) is 3.64. The highest BCUT2D eigenvalue weighted by molar-refractivity contribution is 5.91. The number of fused-ring (bicyclic) bond motifs is 1. The average molecular weight is 390 g/mol. The summed E-state index contributed by atoms with van der Waals surface area (Å²) in [6.45, 7) is 2.86. The van der Waals surface area contributed by atoms with Gasteiger partial charge in [-0.05, 0) is 31.2 Å². The van der Waals surface area contributed by atoms with Crippen molar-refractivity contribution in [3.05, 3.63) is 77.6 Å². The summed E-state index contributed by atoms with van der Waals surface area (Å²) in [4.78, 5) is 26.9. The van der Waals surface area contributed by atoms with E-state index in [-0.39, 0.29) is 18.3 Å². The van der Waals surface area contributed by atoms with Crippen LogP contribution in [-0.2, 0) is 17.7 Å². The van der Waals surface area contributed by atoms with Gasteiger partial charge in [-0.25, -0.2) is 14.3 Å². The van der Waals surface area contributed by atoms with Crippen LogP contribution in [0.2, 0.25) is 0 Å². The number of nitrogens with zero attached hydrogens (tertiary/aromatic N) is 3. The number of aromatic nitrogens is 2. The molecule has 2 aromatic carbocycles. The van der Waals surface area contributed by atoms with Gasteiger partial charge in [0.15, 0.2) is 5.69 Å². The third-order valence-corrected chi connectivity index (χ3v) is 4.84. The molecule has 0 saturated carbocycles. The average Bonchev–Trinajstić information content (AvgIpc) is 3.14. The van der Waals surface area contributed by atoms with Crippen molar-refractivity contribution in [3.63, 3.8) is 0 Å². The van der Waals surface area contributed by atoms with E-state index in [0.29, 0.717) is 19.5 Å². The van der Waals surface area contributed by atoms with Crippen molar-refractivity contribution in [1.29, 1.82) is 0 Å². The lowest BCUT2D eigenvalue weighted by Gasteiger charge is -2.28. The third-order valence-electron chi connectivity index (χ3n) is 4.84. The van der Waals surface area contributed by atoms with Gasteiger partial charge in [0.05, 0.1) is 24.5 Å². The Kier molecular flexibility index (Phi) is 5.29. The molecule has 3 aromatic rings. The van der Waals surface area contributed by atoms with Crippen LogP contribution in [0, 0.1) is 0 Å². The maximum absolute atomic E-state index is 12.7. The Morgan fingerprint density at radius 1 is 1.07 bits per heavy atom. The molecule has 29 heavy (non-hydrogen) atoms. The number of anilines is 1. The van der Waals surface area contributed by atoms with Gasteiger partial charge in [-0.3, -0.25) is 0 Å². The Balaban J connectivity index is 1.64. The topological polar surface area (TPSA) is 76.5 Å². The SMILES string of the molecule is CCOC(=O)c1nn(-c2ccccc2)c2c1CN(C(=O)Nc1ccccc1)CC2. The molecular formula is C22H22N4O3. The van der Waals surface area contributed by atoms with Crippen LogP contribution < -0.4 is 5.32 Å². The molecule has 1 aliphatic rings. The van der Waals surface area contributed by atoms with Gasteiger partial charge in [0.2, 0.25) is 0 Å². The second-order valence-corrected chi connectivity index (χ2v) is 6.71. The van der Waals surface area contributed by atoms with E-state index >= 15 is 0 Å². The molecular weight excluding hydrogens is 368 g/mol. The predicted molar refractivity (Wildman–Crippen MR) is 109 cm³/mol. The maximum Gasteiger partial charge on any atom is 0.359 e. The summed E-state index contributed by atoms with van der Waals surface area (Å²) in [5, 5.41) is 7.44. The lowest BCUT2D eigenvalue weighted by molar-refractivity contribution is 0.0516. The Morgan fingerprint density at radius 3 is 2.45 bits per heavy atom. The van der Waals surface area contributed by atoms with Crippen molar-refractivity contribution in [2.45, 2.75) is 19.9 Å². The number of esters is 1. The van der Waals surface area contributed by atoms with Crippen LogP contribution in [0.1, 0.15) is 28.7 Å². The number of hydrogen-bond donors (Lipinski definition) is 1. The highest BCUT2D eigenvalue weighted by atomic mass is 16.5. The fourth-order valence-electron chi connectivity index (χ4n) is 3.46. The second kappa shape index (κ2) is 8.18. The fraction of sp³-hybridized carbons (Fsp3) is 0.227. The van der Waals surface area contributed by atoms with Gasteiger partial charge in [0.1, 0.15) is 0 Å². The van der Waals surface area contributed by atoms with Crippen LogP contribution in [0.25, 0.3) is 5.69 Å². The minimum absolute atomic E-state index is 0.205.